The fourth-order valence-electron chi connectivity index (χ4n) is 4.56. The summed E-state index contributed by atoms with van der Waals surface area (Å²) in [6.07, 6.45) is 0.0635. The molecule has 2 atom stereocenters. The van der Waals surface area contributed by atoms with Crippen LogP contribution in [0.25, 0.3) is 0 Å². The van der Waals surface area contributed by atoms with Crippen molar-refractivity contribution in [2.24, 2.45) is 0 Å². The zero-order valence-electron chi connectivity index (χ0n) is 21.8. The number of nitrogens with one attached hydrogen (secondary N) is 2. The Balaban J connectivity index is 1.61. The summed E-state index contributed by atoms with van der Waals surface area (Å²) in [4.78, 5) is 26.1. The molecule has 6 N–H and O–H groups in total. The summed E-state index contributed by atoms with van der Waals surface area (Å²) in [7, 11) is 0. The molecule has 0 aliphatic rings. The van der Waals surface area contributed by atoms with Gasteiger partial charge in [-0.1, -0.05) is 72.8 Å². The monoisotopic (exact) mass is 540 g/mol. The molecule has 40 heavy (non-hydrogen) atoms. The molecule has 0 heterocycles. The summed E-state index contributed by atoms with van der Waals surface area (Å²) in [5.74, 6) is -3.69. The first kappa shape index (κ1) is 28.4. The topological polar surface area (TPSA) is 139 Å². The third kappa shape index (κ3) is 7.92. The summed E-state index contributed by atoms with van der Waals surface area (Å²) >= 11 is 0. The van der Waals surface area contributed by atoms with Crippen LogP contribution >= 0.6 is 0 Å². The Morgan fingerprint density at radius 1 is 0.625 bits per heavy atom. The summed E-state index contributed by atoms with van der Waals surface area (Å²) in [6.45, 7) is 0. The minimum absolute atomic E-state index is 0.0662. The van der Waals surface area contributed by atoms with Gasteiger partial charge in [0.15, 0.2) is 5.79 Å². The predicted octanol–water partition coefficient (Wildman–Crippen LogP) is 3.55. The fourth-order valence-corrected chi connectivity index (χ4v) is 4.56. The lowest BCUT2D eigenvalue weighted by molar-refractivity contribution is -0.189. The molecule has 0 spiro atoms. The van der Waals surface area contributed by atoms with Gasteiger partial charge in [0.2, 0.25) is 0 Å². The lowest BCUT2D eigenvalue weighted by Crippen LogP contribution is -2.57. The van der Waals surface area contributed by atoms with Gasteiger partial charge in [0.25, 0.3) is 11.8 Å². The van der Waals surface area contributed by atoms with E-state index in [9.17, 15) is 30.0 Å². The van der Waals surface area contributed by atoms with Crippen LogP contribution < -0.4 is 10.6 Å². The van der Waals surface area contributed by atoms with Gasteiger partial charge in [-0.05, 0) is 60.4 Å². The molecule has 2 amide bonds. The Hall–Kier alpha value is -4.66. The smallest absolute Gasteiger partial charge is 0.251 e. The van der Waals surface area contributed by atoms with E-state index in [0.717, 1.165) is 11.1 Å². The quantitative estimate of drug-likeness (QED) is 0.161. The largest absolute Gasteiger partial charge is 0.508 e. The molecule has 0 unspecified atom stereocenters. The molecular weight excluding hydrogens is 508 g/mol. The molecule has 8 nitrogen and oxygen atoms in total. The fraction of sp³-hybridized carbons (Fsp3) is 0.188. The van der Waals surface area contributed by atoms with E-state index in [4.69, 9.17) is 0 Å². The van der Waals surface area contributed by atoms with Crippen LogP contribution in [0.4, 0.5) is 0 Å². The van der Waals surface area contributed by atoms with Crippen molar-refractivity contribution in [3.63, 3.8) is 0 Å². The van der Waals surface area contributed by atoms with Crippen LogP contribution in [0.5, 0.6) is 11.5 Å². The number of phenolic OH excluding ortho intramolecular Hbond substituents is 2. The number of amides is 2. The van der Waals surface area contributed by atoms with Crippen molar-refractivity contribution >= 4 is 11.8 Å². The minimum Gasteiger partial charge on any atom is -0.508 e. The van der Waals surface area contributed by atoms with Crippen LogP contribution in [0.3, 0.4) is 0 Å². The number of aromatic hydroxyl groups is 2. The van der Waals surface area contributed by atoms with Gasteiger partial charge >= 0.3 is 0 Å². The maximum absolute atomic E-state index is 13.1. The van der Waals surface area contributed by atoms with Crippen molar-refractivity contribution < 1.29 is 30.0 Å². The van der Waals surface area contributed by atoms with E-state index in [0.29, 0.717) is 0 Å². The van der Waals surface area contributed by atoms with Gasteiger partial charge in [0.1, 0.15) is 11.5 Å². The molecule has 0 saturated heterocycles. The Bertz CT molecular complexity index is 1430. The number of hydrogen-bond acceptors (Lipinski definition) is 6. The maximum atomic E-state index is 13.1. The number of hydrogen-bond donors (Lipinski definition) is 6. The number of rotatable bonds is 11. The molecule has 0 bridgehead atoms. The van der Waals surface area contributed by atoms with Crippen LogP contribution in [0.2, 0.25) is 0 Å². The summed E-state index contributed by atoms with van der Waals surface area (Å²) < 4.78 is 0. The predicted molar refractivity (Wildman–Crippen MR) is 151 cm³/mol. The van der Waals surface area contributed by atoms with E-state index in [1.165, 1.54) is 36.4 Å². The van der Waals surface area contributed by atoms with E-state index in [1.807, 2.05) is 60.7 Å². The standard InChI is InChI=1S/C32H32N2O6/c35-27-15-7-13-24(19-27)30(37)33-26(17-22-9-3-1-4-10-22)21-32(39,40)29(18-23-11-5-2-6-12-23)34-31(38)25-14-8-16-28(36)20-25/h1-16,19-20,26,29,35-36,39-40H,17-18,21H2,(H,33,37)(H,34,38)/t26-,29-/m0/s1. The molecular formula is C32H32N2O6. The second-order valence-electron chi connectivity index (χ2n) is 9.76. The lowest BCUT2D eigenvalue weighted by Gasteiger charge is -2.35. The zero-order chi connectivity index (χ0) is 28.5. The number of phenols is 2. The molecule has 0 fully saturated rings. The first-order valence-electron chi connectivity index (χ1n) is 12.9. The average molecular weight is 541 g/mol. The summed E-state index contributed by atoms with van der Waals surface area (Å²) in [6, 6.07) is 28.1. The number of benzene rings is 4. The molecule has 4 rings (SSSR count). The van der Waals surface area contributed by atoms with Crippen LogP contribution in [0.15, 0.2) is 109 Å². The molecule has 0 radical (unpaired) electrons. The highest BCUT2D eigenvalue weighted by molar-refractivity contribution is 5.95. The number of carbonyl (C=O) groups is 2. The second-order valence-corrected chi connectivity index (χ2v) is 9.76. The highest BCUT2D eigenvalue weighted by Gasteiger charge is 2.39. The Kier molecular flexibility index (Phi) is 9.16. The van der Waals surface area contributed by atoms with Crippen molar-refractivity contribution in [1.29, 1.82) is 0 Å². The normalized spacial score (nSPS) is 12.8. The first-order valence-corrected chi connectivity index (χ1v) is 12.9. The third-order valence-electron chi connectivity index (χ3n) is 6.57. The molecule has 0 aliphatic heterocycles. The van der Waals surface area contributed by atoms with Gasteiger partial charge in [-0.15, -0.1) is 0 Å². The van der Waals surface area contributed by atoms with Crippen molar-refractivity contribution in [1.82, 2.24) is 10.6 Å². The van der Waals surface area contributed by atoms with E-state index in [1.54, 1.807) is 12.1 Å². The van der Waals surface area contributed by atoms with Gasteiger partial charge in [0, 0.05) is 23.6 Å². The van der Waals surface area contributed by atoms with E-state index < -0.39 is 29.7 Å². The van der Waals surface area contributed by atoms with Crippen LogP contribution in [0.1, 0.15) is 38.3 Å². The van der Waals surface area contributed by atoms with Gasteiger partial charge in [-0.2, -0.15) is 0 Å². The molecule has 4 aromatic rings. The van der Waals surface area contributed by atoms with Crippen molar-refractivity contribution in [2.75, 3.05) is 0 Å². The molecule has 206 valence electrons. The maximum Gasteiger partial charge on any atom is 0.251 e. The van der Waals surface area contributed by atoms with Crippen molar-refractivity contribution in [3.8, 4) is 11.5 Å². The molecule has 0 saturated carbocycles. The molecule has 0 aliphatic carbocycles. The lowest BCUT2D eigenvalue weighted by atomic mass is 9.90. The number of carbonyl (C=O) groups excluding carboxylic acids is 2. The van der Waals surface area contributed by atoms with Gasteiger partial charge in [-0.25, -0.2) is 0 Å². The SMILES string of the molecule is O=C(N[C@@H](Cc1ccccc1)CC(O)(O)[C@H](Cc1ccccc1)NC(=O)c1cccc(O)c1)c1cccc(O)c1. The highest BCUT2D eigenvalue weighted by atomic mass is 16.5. The Labute approximate surface area is 232 Å². The van der Waals surface area contributed by atoms with Gasteiger partial charge < -0.3 is 31.1 Å². The number of aliphatic hydroxyl groups is 2. The average Bonchev–Trinajstić information content (AvgIpc) is 2.93. The minimum atomic E-state index is -2.45. The summed E-state index contributed by atoms with van der Waals surface area (Å²) in [5.41, 5.74) is 2.01. The second kappa shape index (κ2) is 12.9. The van der Waals surface area contributed by atoms with Gasteiger partial charge in [0.05, 0.1) is 6.04 Å². The van der Waals surface area contributed by atoms with Crippen LogP contribution in [-0.4, -0.2) is 50.1 Å². The van der Waals surface area contributed by atoms with Crippen molar-refractivity contribution in [3.05, 3.63) is 131 Å². The highest BCUT2D eigenvalue weighted by Crippen LogP contribution is 2.23. The zero-order valence-corrected chi connectivity index (χ0v) is 21.8. The van der Waals surface area contributed by atoms with E-state index in [2.05, 4.69) is 10.6 Å². The van der Waals surface area contributed by atoms with Crippen LogP contribution in [-0.2, 0) is 12.8 Å². The van der Waals surface area contributed by atoms with E-state index in [-0.39, 0.29) is 41.9 Å². The van der Waals surface area contributed by atoms with Crippen molar-refractivity contribution in [2.45, 2.75) is 37.1 Å². The van der Waals surface area contributed by atoms with E-state index >= 15 is 0 Å². The molecule has 8 heteroatoms. The Morgan fingerprint density at radius 3 is 1.60 bits per heavy atom. The Morgan fingerprint density at radius 2 is 1.10 bits per heavy atom. The van der Waals surface area contributed by atoms with Crippen LogP contribution in [0, 0.1) is 0 Å². The summed E-state index contributed by atoms with van der Waals surface area (Å²) in [5, 5.41) is 48.1. The first-order chi connectivity index (χ1) is 19.2. The van der Waals surface area contributed by atoms with Gasteiger partial charge in [-0.3, -0.25) is 9.59 Å². The third-order valence-corrected chi connectivity index (χ3v) is 6.57. The molecule has 0 aromatic heterocycles. The molecule has 4 aromatic carbocycles.